The second kappa shape index (κ2) is 10.3. The van der Waals surface area contributed by atoms with Gasteiger partial charge in [-0.05, 0) is 36.5 Å². The highest BCUT2D eigenvalue weighted by Crippen LogP contribution is 2.26. The average molecular weight is 508 g/mol. The van der Waals surface area contributed by atoms with E-state index < -0.39 is 0 Å². The quantitative estimate of drug-likeness (QED) is 0.331. The van der Waals surface area contributed by atoms with Crippen LogP contribution in [0.5, 0.6) is 0 Å². The van der Waals surface area contributed by atoms with Gasteiger partial charge in [0.25, 0.3) is 0 Å². The maximum atomic E-state index is 6.15. The molecular formula is C29H33N9. The Kier molecular flexibility index (Phi) is 6.51. The Hall–Kier alpha value is -4.24. The monoisotopic (exact) mass is 507 g/mol. The van der Waals surface area contributed by atoms with Crippen LogP contribution in [0, 0.1) is 0 Å². The second-order valence-electron chi connectivity index (χ2n) is 10.2. The average Bonchev–Trinajstić information content (AvgIpc) is 3.61. The molecule has 1 aliphatic heterocycles. The van der Waals surface area contributed by atoms with Crippen molar-refractivity contribution >= 4 is 17.5 Å². The molecule has 0 saturated carbocycles. The maximum Gasteiger partial charge on any atom is 0.230 e. The van der Waals surface area contributed by atoms with Crippen molar-refractivity contribution in [2.24, 2.45) is 5.73 Å². The second-order valence-corrected chi connectivity index (χ2v) is 10.2. The molecule has 9 heteroatoms. The van der Waals surface area contributed by atoms with Gasteiger partial charge in [0.15, 0.2) is 5.65 Å². The molecule has 0 radical (unpaired) electrons. The Balaban J connectivity index is 1.31. The first-order chi connectivity index (χ1) is 18.6. The van der Waals surface area contributed by atoms with E-state index in [1.807, 2.05) is 58.0 Å². The predicted molar refractivity (Wildman–Crippen MR) is 151 cm³/mol. The molecule has 4 heterocycles. The van der Waals surface area contributed by atoms with Crippen molar-refractivity contribution in [3.63, 3.8) is 0 Å². The van der Waals surface area contributed by atoms with Gasteiger partial charge in [0.2, 0.25) is 11.9 Å². The van der Waals surface area contributed by atoms with Gasteiger partial charge in [-0.15, -0.1) is 0 Å². The summed E-state index contributed by atoms with van der Waals surface area (Å²) in [7, 11) is 0. The third-order valence-corrected chi connectivity index (χ3v) is 7.16. The summed E-state index contributed by atoms with van der Waals surface area (Å²) < 4.78 is 3.75. The molecule has 9 nitrogen and oxygen atoms in total. The van der Waals surface area contributed by atoms with E-state index in [0.717, 1.165) is 65.6 Å². The molecule has 194 valence electrons. The van der Waals surface area contributed by atoms with Crippen molar-refractivity contribution in [2.45, 2.75) is 45.2 Å². The highest BCUT2D eigenvalue weighted by molar-refractivity contribution is 5.59. The van der Waals surface area contributed by atoms with Crippen LogP contribution in [0.2, 0.25) is 0 Å². The van der Waals surface area contributed by atoms with E-state index in [1.165, 1.54) is 0 Å². The van der Waals surface area contributed by atoms with Gasteiger partial charge in [0.1, 0.15) is 0 Å². The summed E-state index contributed by atoms with van der Waals surface area (Å²) in [4.78, 5) is 12.1. The summed E-state index contributed by atoms with van der Waals surface area (Å²) in [5.41, 5.74) is 12.2. The zero-order valence-electron chi connectivity index (χ0n) is 21.8. The number of benzene rings is 2. The summed E-state index contributed by atoms with van der Waals surface area (Å²) in [5.74, 6) is 1.70. The van der Waals surface area contributed by atoms with Gasteiger partial charge < -0.3 is 16.0 Å². The van der Waals surface area contributed by atoms with Crippen molar-refractivity contribution in [2.75, 3.05) is 23.3 Å². The van der Waals surface area contributed by atoms with Crippen molar-refractivity contribution in [3.05, 3.63) is 84.2 Å². The normalized spacial score (nSPS) is 14.5. The molecule has 6 rings (SSSR count). The standard InChI is InChI=1S/C29H33N9/c1-20(2)24-19-32-38-27(24)33-29(36-15-12-23(30)13-16-36)34-28(38)31-18-22-10-6-7-11-26(22)37-17-14-25(35-37)21-8-4-3-5-9-21/h3-11,14,17,19-20,23H,12-13,15-16,18,30H2,1-2H3,(H,31,33,34). The number of aromatic nitrogens is 6. The van der Waals surface area contributed by atoms with Gasteiger partial charge in [0.05, 0.1) is 17.6 Å². The van der Waals surface area contributed by atoms with Gasteiger partial charge in [-0.3, -0.25) is 0 Å². The maximum absolute atomic E-state index is 6.15. The van der Waals surface area contributed by atoms with Crippen LogP contribution in [0.15, 0.2) is 73.1 Å². The molecule has 0 atom stereocenters. The molecule has 0 amide bonds. The molecule has 0 unspecified atom stereocenters. The summed E-state index contributed by atoms with van der Waals surface area (Å²) in [5, 5.41) is 13.0. The van der Waals surface area contributed by atoms with Crippen LogP contribution < -0.4 is 16.0 Å². The van der Waals surface area contributed by atoms with Crippen LogP contribution in [0.4, 0.5) is 11.9 Å². The Morgan fingerprint density at radius 2 is 1.74 bits per heavy atom. The summed E-state index contributed by atoms with van der Waals surface area (Å²) in [6.07, 6.45) is 5.79. The molecule has 1 fully saturated rings. The van der Waals surface area contributed by atoms with Crippen LogP contribution in [0.25, 0.3) is 22.6 Å². The fraction of sp³-hybridized carbons (Fsp3) is 0.310. The van der Waals surface area contributed by atoms with Crippen LogP contribution in [-0.4, -0.2) is 48.5 Å². The molecule has 3 aromatic heterocycles. The van der Waals surface area contributed by atoms with Crippen molar-refractivity contribution in [3.8, 4) is 16.9 Å². The molecule has 2 aromatic carbocycles. The zero-order valence-corrected chi connectivity index (χ0v) is 21.8. The van der Waals surface area contributed by atoms with E-state index in [2.05, 4.69) is 53.4 Å². The lowest BCUT2D eigenvalue weighted by molar-refractivity contribution is 0.495. The van der Waals surface area contributed by atoms with Gasteiger partial charge in [-0.2, -0.15) is 24.7 Å². The van der Waals surface area contributed by atoms with Gasteiger partial charge in [-0.25, -0.2) is 4.68 Å². The first-order valence-electron chi connectivity index (χ1n) is 13.3. The summed E-state index contributed by atoms with van der Waals surface area (Å²) in [6, 6.07) is 20.8. The lowest BCUT2D eigenvalue weighted by Crippen LogP contribution is -2.40. The van der Waals surface area contributed by atoms with E-state index in [4.69, 9.17) is 20.8 Å². The van der Waals surface area contributed by atoms with Crippen molar-refractivity contribution < 1.29 is 0 Å². The minimum Gasteiger partial charge on any atom is -0.350 e. The Morgan fingerprint density at radius 3 is 2.53 bits per heavy atom. The number of piperidine rings is 1. The molecule has 1 aliphatic rings. The fourth-order valence-electron chi connectivity index (χ4n) is 4.92. The number of rotatable bonds is 7. The topological polar surface area (TPSA) is 102 Å². The van der Waals surface area contributed by atoms with Crippen LogP contribution in [0.3, 0.4) is 0 Å². The summed E-state index contributed by atoms with van der Waals surface area (Å²) >= 11 is 0. The van der Waals surface area contributed by atoms with Crippen LogP contribution >= 0.6 is 0 Å². The number of hydrogen-bond donors (Lipinski definition) is 2. The minimum atomic E-state index is 0.245. The van der Waals surface area contributed by atoms with Crippen molar-refractivity contribution in [1.29, 1.82) is 0 Å². The lowest BCUT2D eigenvalue weighted by atomic mass is 10.1. The number of nitrogens with zero attached hydrogens (tertiary/aromatic N) is 7. The number of nitrogens with one attached hydrogen (secondary N) is 1. The SMILES string of the molecule is CC(C)c1cnn2c(NCc3ccccc3-n3ccc(-c4ccccc4)n3)nc(N3CCC(N)CC3)nc12. The molecule has 5 aromatic rings. The van der Waals surface area contributed by atoms with E-state index in [1.54, 1.807) is 0 Å². The molecule has 0 aliphatic carbocycles. The summed E-state index contributed by atoms with van der Waals surface area (Å²) in [6.45, 7) is 6.59. The Bertz CT molecular complexity index is 1530. The molecule has 1 saturated heterocycles. The van der Waals surface area contributed by atoms with Crippen LogP contribution in [-0.2, 0) is 6.54 Å². The van der Waals surface area contributed by atoms with E-state index in [0.29, 0.717) is 18.4 Å². The third kappa shape index (κ3) is 4.72. The molecule has 0 bridgehead atoms. The molecule has 0 spiro atoms. The number of hydrogen-bond acceptors (Lipinski definition) is 7. The van der Waals surface area contributed by atoms with Gasteiger partial charge in [-0.1, -0.05) is 62.4 Å². The number of fused-ring (bicyclic) bond motifs is 1. The van der Waals surface area contributed by atoms with Gasteiger partial charge >= 0.3 is 0 Å². The van der Waals surface area contributed by atoms with E-state index in [-0.39, 0.29) is 6.04 Å². The predicted octanol–water partition coefficient (Wildman–Crippen LogP) is 4.64. The minimum absolute atomic E-state index is 0.245. The highest BCUT2D eigenvalue weighted by atomic mass is 15.4. The van der Waals surface area contributed by atoms with E-state index in [9.17, 15) is 0 Å². The van der Waals surface area contributed by atoms with Crippen molar-refractivity contribution in [1.82, 2.24) is 29.4 Å². The molecule has 38 heavy (non-hydrogen) atoms. The Morgan fingerprint density at radius 1 is 0.974 bits per heavy atom. The third-order valence-electron chi connectivity index (χ3n) is 7.16. The number of para-hydroxylation sites is 1. The first kappa shape index (κ1) is 24.1. The number of anilines is 2. The molecular weight excluding hydrogens is 474 g/mol. The van der Waals surface area contributed by atoms with Gasteiger partial charge in [0, 0.05) is 43.0 Å². The zero-order chi connectivity index (χ0) is 26.1. The smallest absolute Gasteiger partial charge is 0.230 e. The highest BCUT2D eigenvalue weighted by Gasteiger charge is 2.22. The fourth-order valence-corrected chi connectivity index (χ4v) is 4.92. The Labute approximate surface area is 222 Å². The van der Waals surface area contributed by atoms with E-state index >= 15 is 0 Å². The first-order valence-corrected chi connectivity index (χ1v) is 13.3. The van der Waals surface area contributed by atoms with Crippen LogP contribution in [0.1, 0.15) is 43.7 Å². The number of nitrogens with two attached hydrogens (primary N) is 1. The lowest BCUT2D eigenvalue weighted by Gasteiger charge is -2.30. The molecule has 3 N–H and O–H groups in total. The largest absolute Gasteiger partial charge is 0.350 e.